The lowest BCUT2D eigenvalue weighted by atomic mass is 9.97. The highest BCUT2D eigenvalue weighted by molar-refractivity contribution is 4.95. The topological polar surface area (TPSA) is 21.3 Å². The van der Waals surface area contributed by atoms with Crippen LogP contribution in [-0.2, 0) is 4.74 Å². The van der Waals surface area contributed by atoms with Gasteiger partial charge in [0.15, 0.2) is 0 Å². The Morgan fingerprint density at radius 3 is 2.87 bits per heavy atom. The van der Waals surface area contributed by atoms with Gasteiger partial charge < -0.3 is 10.1 Å². The van der Waals surface area contributed by atoms with E-state index in [1.165, 1.54) is 58.0 Å². The summed E-state index contributed by atoms with van der Waals surface area (Å²) in [6.45, 7) is 5.67. The van der Waals surface area contributed by atoms with E-state index in [1.54, 1.807) is 0 Å². The predicted molar refractivity (Wildman–Crippen MR) is 63.0 cm³/mol. The molecule has 0 aromatic carbocycles. The largest absolute Gasteiger partial charge is 0.378 e. The number of ether oxygens (including phenoxy) is 1. The van der Waals surface area contributed by atoms with Crippen LogP contribution >= 0.6 is 0 Å². The molecule has 1 saturated carbocycles. The maximum atomic E-state index is 5.68. The average Bonchev–Trinajstić information content (AvgIpc) is 2.82. The minimum Gasteiger partial charge on any atom is -0.378 e. The molecule has 2 nitrogen and oxygen atoms in total. The van der Waals surface area contributed by atoms with E-state index in [2.05, 4.69) is 12.2 Å². The van der Waals surface area contributed by atoms with Gasteiger partial charge in [0, 0.05) is 13.2 Å². The monoisotopic (exact) mass is 211 g/mol. The lowest BCUT2D eigenvalue weighted by Gasteiger charge is -2.18. The highest BCUT2D eigenvalue weighted by Crippen LogP contribution is 2.49. The Morgan fingerprint density at radius 2 is 2.27 bits per heavy atom. The molecule has 1 unspecified atom stereocenters. The molecule has 0 aromatic heterocycles. The Labute approximate surface area is 93.8 Å². The van der Waals surface area contributed by atoms with Gasteiger partial charge in [0.1, 0.15) is 0 Å². The van der Waals surface area contributed by atoms with Crippen molar-refractivity contribution >= 4 is 0 Å². The van der Waals surface area contributed by atoms with Crippen LogP contribution in [0.3, 0.4) is 0 Å². The zero-order valence-corrected chi connectivity index (χ0v) is 10.1. The summed E-state index contributed by atoms with van der Waals surface area (Å²) in [6, 6.07) is 0. The van der Waals surface area contributed by atoms with Crippen LogP contribution in [-0.4, -0.2) is 25.8 Å². The quantitative estimate of drug-likeness (QED) is 0.654. The molecule has 0 amide bonds. The number of rotatable bonds is 7. The van der Waals surface area contributed by atoms with Gasteiger partial charge in [-0.3, -0.25) is 0 Å². The molecule has 0 aromatic rings. The van der Waals surface area contributed by atoms with Crippen molar-refractivity contribution in [2.75, 3.05) is 19.7 Å². The molecule has 1 atom stereocenters. The summed E-state index contributed by atoms with van der Waals surface area (Å²) in [5.41, 5.74) is 0.668. The number of nitrogens with one attached hydrogen (secondary N) is 1. The van der Waals surface area contributed by atoms with Crippen LogP contribution in [0.1, 0.15) is 51.9 Å². The fourth-order valence-corrected chi connectivity index (χ4v) is 2.56. The van der Waals surface area contributed by atoms with Crippen molar-refractivity contribution < 1.29 is 4.74 Å². The molecule has 2 heteroatoms. The normalized spacial score (nSPS) is 28.2. The second kappa shape index (κ2) is 5.31. The molecule has 1 N–H and O–H groups in total. The lowest BCUT2D eigenvalue weighted by Crippen LogP contribution is -2.25. The van der Waals surface area contributed by atoms with Gasteiger partial charge in [-0.25, -0.2) is 0 Å². The van der Waals surface area contributed by atoms with Crippen LogP contribution in [0.5, 0.6) is 0 Å². The first kappa shape index (κ1) is 11.4. The van der Waals surface area contributed by atoms with Crippen molar-refractivity contribution in [3.8, 4) is 0 Å². The fraction of sp³-hybridized carbons (Fsp3) is 1.00. The number of hydrogen-bond acceptors (Lipinski definition) is 2. The summed E-state index contributed by atoms with van der Waals surface area (Å²) in [5, 5.41) is 3.57. The molecule has 88 valence electrons. The zero-order valence-electron chi connectivity index (χ0n) is 10.1. The maximum Gasteiger partial charge on any atom is 0.0576 e. The molecule has 2 aliphatic rings. The van der Waals surface area contributed by atoms with Crippen LogP contribution < -0.4 is 5.32 Å². The summed E-state index contributed by atoms with van der Waals surface area (Å²) in [4.78, 5) is 0. The summed E-state index contributed by atoms with van der Waals surface area (Å²) < 4.78 is 5.68. The molecule has 1 saturated heterocycles. The summed E-state index contributed by atoms with van der Waals surface area (Å²) in [7, 11) is 0. The minimum atomic E-state index is 0.591. The smallest absolute Gasteiger partial charge is 0.0576 e. The van der Waals surface area contributed by atoms with Crippen molar-refractivity contribution in [2.24, 2.45) is 5.41 Å². The molecule has 2 rings (SSSR count). The minimum absolute atomic E-state index is 0.591. The summed E-state index contributed by atoms with van der Waals surface area (Å²) >= 11 is 0. The third-order valence-electron chi connectivity index (χ3n) is 3.90. The highest BCUT2D eigenvalue weighted by atomic mass is 16.5. The van der Waals surface area contributed by atoms with Crippen molar-refractivity contribution in [3.63, 3.8) is 0 Å². The molecule has 2 fully saturated rings. The third kappa shape index (κ3) is 3.46. The van der Waals surface area contributed by atoms with Gasteiger partial charge >= 0.3 is 0 Å². The molecule has 1 aliphatic heterocycles. The second-order valence-corrected chi connectivity index (χ2v) is 5.35. The molecule has 0 spiro atoms. The molecular formula is C13H25NO. The lowest BCUT2D eigenvalue weighted by molar-refractivity contribution is 0.0966. The summed E-state index contributed by atoms with van der Waals surface area (Å²) in [5.74, 6) is 0. The number of hydrogen-bond donors (Lipinski definition) is 1. The average molecular weight is 211 g/mol. The van der Waals surface area contributed by atoms with Gasteiger partial charge in [0.25, 0.3) is 0 Å². The van der Waals surface area contributed by atoms with E-state index in [-0.39, 0.29) is 0 Å². The molecular weight excluding hydrogens is 186 g/mol. The molecule has 15 heavy (non-hydrogen) atoms. The van der Waals surface area contributed by atoms with E-state index in [0.29, 0.717) is 11.5 Å². The van der Waals surface area contributed by atoms with Crippen LogP contribution in [0, 0.1) is 5.41 Å². The SMILES string of the molecule is CCCNCC1(CCC2CCCO2)CC1. The van der Waals surface area contributed by atoms with Gasteiger partial charge in [0.2, 0.25) is 0 Å². The molecule has 1 heterocycles. The van der Waals surface area contributed by atoms with Crippen LogP contribution in [0.15, 0.2) is 0 Å². The Hall–Kier alpha value is -0.0800. The van der Waals surface area contributed by atoms with E-state index in [4.69, 9.17) is 4.74 Å². The van der Waals surface area contributed by atoms with Gasteiger partial charge in [-0.15, -0.1) is 0 Å². The second-order valence-electron chi connectivity index (χ2n) is 5.35. The highest BCUT2D eigenvalue weighted by Gasteiger charge is 2.41. The molecule has 0 bridgehead atoms. The van der Waals surface area contributed by atoms with Gasteiger partial charge in [-0.05, 0) is 56.9 Å². The van der Waals surface area contributed by atoms with Crippen LogP contribution in [0.4, 0.5) is 0 Å². The van der Waals surface area contributed by atoms with Gasteiger partial charge in [-0.1, -0.05) is 6.92 Å². The van der Waals surface area contributed by atoms with Crippen molar-refractivity contribution in [1.82, 2.24) is 5.32 Å². The standard InChI is InChI=1S/C13H25NO/c1-2-9-14-11-13(7-8-13)6-5-12-4-3-10-15-12/h12,14H,2-11H2,1H3. The van der Waals surface area contributed by atoms with E-state index in [1.807, 2.05) is 0 Å². The van der Waals surface area contributed by atoms with E-state index in [9.17, 15) is 0 Å². The predicted octanol–water partition coefficient (Wildman–Crippen LogP) is 2.73. The first-order valence-corrected chi connectivity index (χ1v) is 6.67. The van der Waals surface area contributed by atoms with E-state index < -0.39 is 0 Å². The zero-order chi connectivity index (χ0) is 10.6. The van der Waals surface area contributed by atoms with Crippen molar-refractivity contribution in [2.45, 2.75) is 58.0 Å². The Morgan fingerprint density at radius 1 is 1.40 bits per heavy atom. The van der Waals surface area contributed by atoms with Gasteiger partial charge in [-0.2, -0.15) is 0 Å². The Bertz CT molecular complexity index is 183. The van der Waals surface area contributed by atoms with Crippen molar-refractivity contribution in [1.29, 1.82) is 0 Å². The molecule has 1 aliphatic carbocycles. The third-order valence-corrected chi connectivity index (χ3v) is 3.90. The fourth-order valence-electron chi connectivity index (χ4n) is 2.56. The summed E-state index contributed by atoms with van der Waals surface area (Å²) in [6.07, 6.45) is 10.00. The Kier molecular flexibility index (Phi) is 4.04. The maximum absolute atomic E-state index is 5.68. The van der Waals surface area contributed by atoms with Crippen LogP contribution in [0.25, 0.3) is 0 Å². The van der Waals surface area contributed by atoms with E-state index in [0.717, 1.165) is 6.61 Å². The van der Waals surface area contributed by atoms with Crippen LogP contribution in [0.2, 0.25) is 0 Å². The first-order valence-electron chi connectivity index (χ1n) is 6.67. The van der Waals surface area contributed by atoms with E-state index >= 15 is 0 Å². The Balaban J connectivity index is 1.60. The van der Waals surface area contributed by atoms with Gasteiger partial charge in [0.05, 0.1) is 6.10 Å². The first-order chi connectivity index (χ1) is 7.35. The van der Waals surface area contributed by atoms with Crippen molar-refractivity contribution in [3.05, 3.63) is 0 Å². The molecule has 0 radical (unpaired) electrons.